The van der Waals surface area contributed by atoms with Gasteiger partial charge in [0.05, 0.1) is 14.2 Å². The number of unbranched alkanes of at least 4 members (excludes halogenated alkanes) is 2. The molecule has 2 aromatic heterocycles. The summed E-state index contributed by atoms with van der Waals surface area (Å²) in [7, 11) is 2.51. The van der Waals surface area contributed by atoms with Gasteiger partial charge in [0.2, 0.25) is 0 Å². The maximum Gasteiger partial charge on any atom is 0.328 e. The summed E-state index contributed by atoms with van der Waals surface area (Å²) in [5.74, 6) is -2.55. The van der Waals surface area contributed by atoms with Crippen molar-refractivity contribution in [1.82, 2.24) is 20.6 Å². The van der Waals surface area contributed by atoms with Crippen molar-refractivity contribution in [2.24, 2.45) is 22.9 Å². The summed E-state index contributed by atoms with van der Waals surface area (Å²) in [5, 5.41) is 27.4. The maximum atomic E-state index is 12.4. The number of methoxy groups -OCH3 is 2. The van der Waals surface area contributed by atoms with Gasteiger partial charge in [-0.25, -0.2) is 9.59 Å². The molecule has 4 rings (SSSR count). The number of hydrogen-bond acceptors (Lipinski definition) is 12. The Kier molecular flexibility index (Phi) is 18.1. The second kappa shape index (κ2) is 22.4. The van der Waals surface area contributed by atoms with Gasteiger partial charge in [-0.05, 0) is 62.0 Å². The summed E-state index contributed by atoms with van der Waals surface area (Å²) < 4.78 is 9.61. The van der Waals surface area contributed by atoms with Gasteiger partial charge in [0.1, 0.15) is 24.3 Å². The lowest BCUT2D eigenvalue weighted by molar-refractivity contribution is -0.146. The fourth-order valence-corrected chi connectivity index (χ4v) is 5.98. The molecular formula is C38H56N8O8. The second-order valence-corrected chi connectivity index (χ2v) is 13.1. The summed E-state index contributed by atoms with van der Waals surface area (Å²) in [4.78, 5) is 55.3. The molecule has 2 heterocycles. The SMILES string of the molecule is COC(=O)[C@H](Cc1c[nH]c2ccccc12)NC(=O)[C@@H](O)[C@@H](N)CCCCN.COC(=O)[C@H](Cc1c[nH]c2ccccc12)NC(=O)[C@H](O)[C@@H](N)CCCCN. The number of aromatic nitrogens is 2. The van der Waals surface area contributed by atoms with Crippen LogP contribution in [0.1, 0.15) is 49.7 Å². The van der Waals surface area contributed by atoms with Crippen molar-refractivity contribution >= 4 is 45.6 Å². The fourth-order valence-electron chi connectivity index (χ4n) is 5.98. The molecular weight excluding hydrogens is 696 g/mol. The molecule has 16 heteroatoms. The van der Waals surface area contributed by atoms with E-state index in [2.05, 4.69) is 20.6 Å². The Morgan fingerprint density at radius 3 is 1.37 bits per heavy atom. The van der Waals surface area contributed by atoms with Gasteiger partial charge in [0.15, 0.2) is 0 Å². The number of rotatable bonds is 20. The zero-order chi connectivity index (χ0) is 39.6. The first kappa shape index (κ1) is 43.6. The maximum absolute atomic E-state index is 12.4. The summed E-state index contributed by atoms with van der Waals surface area (Å²) in [6.45, 7) is 1.06. The van der Waals surface area contributed by atoms with E-state index in [1.165, 1.54) is 14.2 Å². The number of nitrogens with one attached hydrogen (secondary N) is 4. The van der Waals surface area contributed by atoms with E-state index < -0.39 is 60.1 Å². The lowest BCUT2D eigenvalue weighted by atomic mass is 10.0. The van der Waals surface area contributed by atoms with E-state index in [1.54, 1.807) is 12.4 Å². The summed E-state index contributed by atoms with van der Waals surface area (Å²) in [6.07, 6.45) is 5.17. The summed E-state index contributed by atoms with van der Waals surface area (Å²) >= 11 is 0. The van der Waals surface area contributed by atoms with Crippen molar-refractivity contribution in [3.05, 3.63) is 72.1 Å². The normalized spacial score (nSPS) is 14.5. The number of hydrogen-bond donors (Lipinski definition) is 10. The molecule has 0 fully saturated rings. The Labute approximate surface area is 314 Å². The van der Waals surface area contributed by atoms with Gasteiger partial charge in [0.25, 0.3) is 11.8 Å². The minimum Gasteiger partial charge on any atom is -0.467 e. The number of ether oxygens (including phenoxy) is 2. The molecule has 2 amide bonds. The van der Waals surface area contributed by atoms with E-state index in [0.717, 1.165) is 58.6 Å². The number of esters is 2. The molecule has 0 saturated carbocycles. The van der Waals surface area contributed by atoms with Gasteiger partial charge in [-0.2, -0.15) is 0 Å². The van der Waals surface area contributed by atoms with Gasteiger partial charge >= 0.3 is 11.9 Å². The molecule has 0 aliphatic rings. The van der Waals surface area contributed by atoms with E-state index in [0.29, 0.717) is 25.9 Å². The molecule has 16 nitrogen and oxygen atoms in total. The molecule has 0 aliphatic heterocycles. The highest BCUT2D eigenvalue weighted by molar-refractivity contribution is 5.90. The first-order chi connectivity index (χ1) is 25.9. The third-order valence-electron chi connectivity index (χ3n) is 9.13. The van der Waals surface area contributed by atoms with E-state index in [9.17, 15) is 29.4 Å². The number of H-pyrrole nitrogens is 2. The van der Waals surface area contributed by atoms with Gasteiger partial charge in [-0.15, -0.1) is 0 Å². The predicted molar refractivity (Wildman–Crippen MR) is 206 cm³/mol. The lowest BCUT2D eigenvalue weighted by Gasteiger charge is -2.22. The fraction of sp³-hybridized carbons (Fsp3) is 0.474. The van der Waals surface area contributed by atoms with Crippen LogP contribution in [0.3, 0.4) is 0 Å². The quantitative estimate of drug-likeness (QED) is 0.0433. The van der Waals surface area contributed by atoms with Crippen LogP contribution in [0.2, 0.25) is 0 Å². The minimum absolute atomic E-state index is 0.234. The van der Waals surface area contributed by atoms with Crippen LogP contribution < -0.4 is 33.6 Å². The van der Waals surface area contributed by atoms with Crippen LogP contribution in [0.15, 0.2) is 60.9 Å². The highest BCUT2D eigenvalue weighted by Crippen LogP contribution is 2.21. The number of nitrogens with two attached hydrogens (primary N) is 4. The summed E-state index contributed by atoms with van der Waals surface area (Å²) in [5.41, 5.74) is 26.2. The Hall–Kier alpha value is -4.84. The van der Waals surface area contributed by atoms with Crippen LogP contribution in [-0.2, 0) is 41.5 Å². The Morgan fingerprint density at radius 1 is 0.648 bits per heavy atom. The van der Waals surface area contributed by atoms with Gasteiger partial charge < -0.3 is 63.2 Å². The monoisotopic (exact) mass is 752 g/mol. The number of amides is 2. The van der Waals surface area contributed by atoms with Crippen LogP contribution in [0.5, 0.6) is 0 Å². The molecule has 296 valence electrons. The van der Waals surface area contributed by atoms with Gasteiger partial charge in [-0.1, -0.05) is 49.2 Å². The number of fused-ring (bicyclic) bond motifs is 2. The number of aliphatic hydroxyl groups excluding tert-OH is 2. The van der Waals surface area contributed by atoms with E-state index in [4.69, 9.17) is 32.4 Å². The zero-order valence-corrected chi connectivity index (χ0v) is 31.0. The van der Waals surface area contributed by atoms with Crippen LogP contribution in [0.4, 0.5) is 0 Å². The van der Waals surface area contributed by atoms with Crippen molar-refractivity contribution < 1.29 is 38.9 Å². The molecule has 0 aliphatic carbocycles. The predicted octanol–water partition coefficient (Wildman–Crippen LogP) is 0.371. The third kappa shape index (κ3) is 12.6. The number of carbonyl (C=O) groups is 4. The smallest absolute Gasteiger partial charge is 0.328 e. The molecule has 2 aromatic carbocycles. The highest BCUT2D eigenvalue weighted by Gasteiger charge is 2.30. The topological polar surface area (TPSA) is 287 Å². The van der Waals surface area contributed by atoms with Crippen molar-refractivity contribution in [3.8, 4) is 0 Å². The first-order valence-corrected chi connectivity index (χ1v) is 18.1. The van der Waals surface area contributed by atoms with Gasteiger partial charge in [-0.3, -0.25) is 9.59 Å². The number of para-hydroxylation sites is 2. The van der Waals surface area contributed by atoms with E-state index in [1.807, 2.05) is 48.5 Å². The molecule has 0 saturated heterocycles. The molecule has 0 bridgehead atoms. The zero-order valence-electron chi connectivity index (χ0n) is 31.0. The number of benzene rings is 2. The van der Waals surface area contributed by atoms with Crippen molar-refractivity contribution in [2.45, 2.75) is 87.7 Å². The number of carbonyl (C=O) groups excluding carboxylic acids is 4. The van der Waals surface area contributed by atoms with Crippen LogP contribution in [-0.4, -0.2) is 108 Å². The molecule has 6 atom stereocenters. The molecule has 54 heavy (non-hydrogen) atoms. The highest BCUT2D eigenvalue weighted by atomic mass is 16.5. The Balaban J connectivity index is 0.000000290. The van der Waals surface area contributed by atoms with Crippen molar-refractivity contribution in [2.75, 3.05) is 27.3 Å². The first-order valence-electron chi connectivity index (χ1n) is 18.1. The van der Waals surface area contributed by atoms with Crippen LogP contribution in [0, 0.1) is 0 Å². The number of aliphatic hydroxyl groups is 2. The standard InChI is InChI=1S/2C19H28N4O4/c2*1-27-19(26)16(10-12-11-22-15-8-3-2-6-13(12)15)23-18(25)17(24)14(21)7-4-5-9-20/h2*2-3,6,8,11,14,16-17,22,24H,4-5,7,9-10,20-21H2,1H3,(H,23,25)/t14-,16-,17+;14-,16-,17-/m00/s1. The minimum atomic E-state index is -1.40. The second-order valence-electron chi connectivity index (χ2n) is 13.1. The molecule has 0 spiro atoms. The summed E-state index contributed by atoms with van der Waals surface area (Å²) in [6, 6.07) is 12.0. The Morgan fingerprint density at radius 2 is 1.02 bits per heavy atom. The molecule has 14 N–H and O–H groups in total. The lowest BCUT2D eigenvalue weighted by Crippen LogP contribution is -2.52. The average molecular weight is 753 g/mol. The van der Waals surface area contributed by atoms with Crippen molar-refractivity contribution in [3.63, 3.8) is 0 Å². The largest absolute Gasteiger partial charge is 0.467 e. The Bertz CT molecular complexity index is 1650. The van der Waals surface area contributed by atoms with Crippen LogP contribution >= 0.6 is 0 Å². The third-order valence-corrected chi connectivity index (χ3v) is 9.13. The van der Waals surface area contributed by atoms with Crippen LogP contribution in [0.25, 0.3) is 21.8 Å². The molecule has 0 unspecified atom stereocenters. The van der Waals surface area contributed by atoms with E-state index in [-0.39, 0.29) is 12.8 Å². The molecule has 0 radical (unpaired) electrons. The van der Waals surface area contributed by atoms with Crippen molar-refractivity contribution in [1.29, 1.82) is 0 Å². The molecule has 4 aromatic rings. The number of aromatic amines is 2. The average Bonchev–Trinajstić information content (AvgIpc) is 3.80. The van der Waals surface area contributed by atoms with Gasteiger partial charge in [0, 0.05) is 59.1 Å². The van der Waals surface area contributed by atoms with E-state index >= 15 is 0 Å².